The third kappa shape index (κ3) is 6.07. The predicted molar refractivity (Wildman–Crippen MR) is 123 cm³/mol. The number of halogens is 1. The molecule has 166 valence electrons. The van der Waals surface area contributed by atoms with Crippen LogP contribution in [0.4, 0.5) is 4.39 Å². The van der Waals surface area contributed by atoms with Gasteiger partial charge in [-0.3, -0.25) is 9.59 Å². The highest BCUT2D eigenvalue weighted by Gasteiger charge is 2.29. The van der Waals surface area contributed by atoms with E-state index in [0.29, 0.717) is 11.7 Å². The molecule has 0 bridgehead atoms. The Morgan fingerprint density at radius 1 is 1.10 bits per heavy atom. The van der Waals surface area contributed by atoms with E-state index in [1.165, 1.54) is 54.5 Å². The number of carbonyl (C=O) groups excluding carboxylic acids is 2. The Hall–Kier alpha value is -1.93. The summed E-state index contributed by atoms with van der Waals surface area (Å²) in [6.45, 7) is 1.47. The smallest absolute Gasteiger partial charge is 0.230 e. The lowest BCUT2D eigenvalue weighted by molar-refractivity contribution is -0.137. The lowest BCUT2D eigenvalue weighted by atomic mass is 9.87. The lowest BCUT2D eigenvalue weighted by Crippen LogP contribution is -2.48. The minimum Gasteiger partial charge on any atom is -0.353 e. The summed E-state index contributed by atoms with van der Waals surface area (Å²) in [5, 5.41) is 5.03. The molecule has 1 aliphatic carbocycles. The van der Waals surface area contributed by atoms with E-state index in [9.17, 15) is 14.0 Å². The van der Waals surface area contributed by atoms with Gasteiger partial charge in [0.15, 0.2) is 4.34 Å². The Balaban J connectivity index is 1.19. The molecule has 4 rings (SSSR count). The van der Waals surface area contributed by atoms with Gasteiger partial charge in [0.2, 0.25) is 11.8 Å². The molecule has 0 radical (unpaired) electrons. The number of rotatable bonds is 6. The summed E-state index contributed by atoms with van der Waals surface area (Å²) >= 11 is 2.90. The number of nitrogens with zero attached hydrogens (tertiary/aromatic N) is 2. The molecule has 0 unspecified atom stereocenters. The summed E-state index contributed by atoms with van der Waals surface area (Å²) in [6.07, 6.45) is 7.31. The average Bonchev–Trinajstić information content (AvgIpc) is 3.28. The van der Waals surface area contributed by atoms with E-state index in [1.54, 1.807) is 12.1 Å². The van der Waals surface area contributed by atoms with Gasteiger partial charge in [0.05, 0.1) is 11.4 Å². The van der Waals surface area contributed by atoms with Gasteiger partial charge >= 0.3 is 0 Å². The number of carbonyl (C=O) groups is 2. The first kappa shape index (κ1) is 22.3. The Morgan fingerprint density at radius 3 is 2.52 bits per heavy atom. The maximum atomic E-state index is 13.1. The highest BCUT2D eigenvalue weighted by Crippen LogP contribution is 2.29. The van der Waals surface area contributed by atoms with Crippen molar-refractivity contribution in [2.45, 2.75) is 55.3 Å². The van der Waals surface area contributed by atoms with E-state index in [4.69, 9.17) is 0 Å². The lowest BCUT2D eigenvalue weighted by Gasteiger charge is -2.35. The van der Waals surface area contributed by atoms with Crippen LogP contribution in [-0.2, 0) is 9.59 Å². The molecular formula is C23H28FN3O2S2. The number of aromatic nitrogens is 1. The number of piperidine rings is 1. The van der Waals surface area contributed by atoms with Crippen molar-refractivity contribution in [1.82, 2.24) is 15.2 Å². The second kappa shape index (κ2) is 10.6. The second-order valence-electron chi connectivity index (χ2n) is 8.30. The van der Waals surface area contributed by atoms with Crippen molar-refractivity contribution in [2.75, 3.05) is 18.8 Å². The van der Waals surface area contributed by atoms with Crippen LogP contribution in [0.2, 0.25) is 0 Å². The van der Waals surface area contributed by atoms with Crippen LogP contribution < -0.4 is 5.32 Å². The summed E-state index contributed by atoms with van der Waals surface area (Å²) in [7, 11) is 0. The van der Waals surface area contributed by atoms with Crippen molar-refractivity contribution < 1.29 is 14.0 Å². The third-order valence-corrected chi connectivity index (χ3v) is 8.10. The molecule has 0 atom stereocenters. The number of hydrogen-bond acceptors (Lipinski definition) is 5. The van der Waals surface area contributed by atoms with Gasteiger partial charge < -0.3 is 10.2 Å². The molecule has 2 heterocycles. The van der Waals surface area contributed by atoms with E-state index in [2.05, 4.69) is 10.3 Å². The number of amides is 2. The molecule has 1 aromatic carbocycles. The molecule has 1 saturated carbocycles. The van der Waals surface area contributed by atoms with Crippen LogP contribution in [0.5, 0.6) is 0 Å². The number of thioether (sulfide) groups is 1. The first-order valence-corrected chi connectivity index (χ1v) is 12.9. The maximum Gasteiger partial charge on any atom is 0.230 e. The van der Waals surface area contributed by atoms with Crippen LogP contribution in [0.3, 0.4) is 0 Å². The number of thiazole rings is 1. The average molecular weight is 462 g/mol. The van der Waals surface area contributed by atoms with E-state index >= 15 is 0 Å². The zero-order valence-electron chi connectivity index (χ0n) is 17.5. The van der Waals surface area contributed by atoms with E-state index in [-0.39, 0.29) is 23.7 Å². The van der Waals surface area contributed by atoms with Crippen LogP contribution >= 0.6 is 23.1 Å². The summed E-state index contributed by atoms with van der Waals surface area (Å²) in [5.41, 5.74) is 1.66. The largest absolute Gasteiger partial charge is 0.353 e. The van der Waals surface area contributed by atoms with Gasteiger partial charge in [-0.2, -0.15) is 0 Å². The van der Waals surface area contributed by atoms with E-state index in [1.807, 2.05) is 10.3 Å². The predicted octanol–water partition coefficient (Wildman–Crippen LogP) is 4.73. The zero-order valence-corrected chi connectivity index (χ0v) is 19.2. The normalized spacial score (nSPS) is 18.2. The molecular weight excluding hydrogens is 433 g/mol. The van der Waals surface area contributed by atoms with Gasteiger partial charge in [-0.25, -0.2) is 9.37 Å². The molecule has 8 heteroatoms. The topological polar surface area (TPSA) is 62.3 Å². The van der Waals surface area contributed by atoms with Gasteiger partial charge in [0, 0.05) is 36.0 Å². The number of likely N-dealkylation sites (tertiary alicyclic amines) is 1. The highest BCUT2D eigenvalue weighted by molar-refractivity contribution is 8.01. The molecule has 2 aliphatic rings. The van der Waals surface area contributed by atoms with Crippen molar-refractivity contribution in [3.63, 3.8) is 0 Å². The van der Waals surface area contributed by atoms with Gasteiger partial charge in [-0.1, -0.05) is 31.0 Å². The zero-order chi connectivity index (χ0) is 21.6. The van der Waals surface area contributed by atoms with Crippen molar-refractivity contribution in [2.24, 2.45) is 5.92 Å². The third-order valence-electron chi connectivity index (χ3n) is 6.08. The fourth-order valence-corrected chi connectivity index (χ4v) is 5.97. The minimum atomic E-state index is -0.269. The molecule has 5 nitrogen and oxygen atoms in total. The van der Waals surface area contributed by atoms with E-state index in [0.717, 1.165) is 54.4 Å². The maximum absolute atomic E-state index is 13.1. The van der Waals surface area contributed by atoms with Crippen molar-refractivity contribution in [3.05, 3.63) is 35.5 Å². The first-order valence-electron chi connectivity index (χ1n) is 11.0. The van der Waals surface area contributed by atoms with Crippen LogP contribution in [0, 0.1) is 11.7 Å². The summed E-state index contributed by atoms with van der Waals surface area (Å²) in [6, 6.07) is 6.38. The molecule has 2 aromatic rings. The monoisotopic (exact) mass is 461 g/mol. The summed E-state index contributed by atoms with van der Waals surface area (Å²) < 4.78 is 13.9. The number of hydrogen-bond donors (Lipinski definition) is 1. The molecule has 0 spiro atoms. The van der Waals surface area contributed by atoms with Gasteiger partial charge in [-0.05, 0) is 49.9 Å². The first-order chi connectivity index (χ1) is 15.1. The summed E-state index contributed by atoms with van der Waals surface area (Å²) in [4.78, 5) is 31.6. The standard InChI is InChI=1S/C23H28FN3O2S2/c24-18-8-6-16(7-9-18)20-14-30-23(26-20)31-15-21(28)25-19-10-12-27(13-11-19)22(29)17-4-2-1-3-5-17/h6-9,14,17,19H,1-5,10-13,15H2,(H,25,28). The SMILES string of the molecule is O=C(CSc1nc(-c2ccc(F)cc2)cs1)NC1CCN(C(=O)C2CCCCC2)CC1. The minimum absolute atomic E-state index is 0.000546. The fourth-order valence-electron chi connectivity index (χ4n) is 4.33. The van der Waals surface area contributed by atoms with Gasteiger partial charge in [0.25, 0.3) is 0 Å². The highest BCUT2D eigenvalue weighted by atomic mass is 32.2. The molecule has 1 saturated heterocycles. The van der Waals surface area contributed by atoms with E-state index < -0.39 is 0 Å². The van der Waals surface area contributed by atoms with Gasteiger partial charge in [0.1, 0.15) is 5.82 Å². The fraction of sp³-hybridized carbons (Fsp3) is 0.522. The van der Waals surface area contributed by atoms with Crippen LogP contribution in [0.15, 0.2) is 34.0 Å². The molecule has 2 fully saturated rings. The Bertz CT molecular complexity index is 888. The number of benzene rings is 1. The van der Waals surface area contributed by atoms with Crippen LogP contribution in [0.25, 0.3) is 11.3 Å². The van der Waals surface area contributed by atoms with Crippen LogP contribution in [0.1, 0.15) is 44.9 Å². The molecule has 1 aliphatic heterocycles. The Kier molecular flexibility index (Phi) is 7.61. The Labute approximate surface area is 190 Å². The number of nitrogens with one attached hydrogen (secondary N) is 1. The molecule has 31 heavy (non-hydrogen) atoms. The van der Waals surface area contributed by atoms with Crippen molar-refractivity contribution in [3.8, 4) is 11.3 Å². The quantitative estimate of drug-likeness (QED) is 0.632. The Morgan fingerprint density at radius 2 is 1.81 bits per heavy atom. The van der Waals surface area contributed by atoms with Crippen molar-refractivity contribution >= 4 is 34.9 Å². The van der Waals surface area contributed by atoms with Crippen LogP contribution in [-0.4, -0.2) is 46.6 Å². The van der Waals surface area contributed by atoms with Crippen molar-refractivity contribution in [1.29, 1.82) is 0 Å². The molecule has 1 aromatic heterocycles. The molecule has 1 N–H and O–H groups in total. The summed E-state index contributed by atoms with van der Waals surface area (Å²) in [5.74, 6) is 0.586. The second-order valence-corrected chi connectivity index (χ2v) is 10.4. The van der Waals surface area contributed by atoms with Gasteiger partial charge in [-0.15, -0.1) is 11.3 Å². The molecule has 2 amide bonds.